The van der Waals surface area contributed by atoms with Gasteiger partial charge in [0.05, 0.1) is 0 Å². The number of benzene rings is 1. The maximum absolute atomic E-state index is 11.8. The van der Waals surface area contributed by atoms with Crippen LogP contribution in [0.15, 0.2) is 30.8 Å². The Balaban J connectivity index is 2.04. The van der Waals surface area contributed by atoms with Gasteiger partial charge in [0.1, 0.15) is 0 Å². The van der Waals surface area contributed by atoms with E-state index in [1.165, 1.54) is 16.7 Å². The molecule has 82 valence electrons. The predicted octanol–water partition coefficient (Wildman–Crippen LogP) is 2.59. The fraction of sp³-hybridized carbons (Fsp3) is 0.357. The molecule has 1 fully saturated rings. The third kappa shape index (κ3) is 1.37. The van der Waals surface area contributed by atoms with Crippen molar-refractivity contribution < 1.29 is 4.79 Å². The molecule has 2 heterocycles. The molecule has 1 unspecified atom stereocenters. The van der Waals surface area contributed by atoms with E-state index >= 15 is 0 Å². The summed E-state index contributed by atoms with van der Waals surface area (Å²) in [6, 6.07) is 8.68. The van der Waals surface area contributed by atoms with Crippen molar-refractivity contribution in [1.82, 2.24) is 4.90 Å². The summed E-state index contributed by atoms with van der Waals surface area (Å²) in [5.74, 6) is 0.300. The summed E-state index contributed by atoms with van der Waals surface area (Å²) in [4.78, 5) is 13.8. The average Bonchev–Trinajstić information content (AvgIpc) is 2.56. The highest BCUT2D eigenvalue weighted by Crippen LogP contribution is 2.34. The molecule has 0 spiro atoms. The Morgan fingerprint density at radius 3 is 3.00 bits per heavy atom. The number of rotatable bonds is 0. The molecule has 2 heteroatoms. The van der Waals surface area contributed by atoms with Gasteiger partial charge >= 0.3 is 0 Å². The number of hydrogen-bond acceptors (Lipinski definition) is 1. The SMILES string of the molecule is C=C1CC2CCC(=O)N2Cc2ccccc21. The Morgan fingerprint density at radius 2 is 2.12 bits per heavy atom. The molecule has 1 amide bonds. The topological polar surface area (TPSA) is 20.3 Å². The summed E-state index contributed by atoms with van der Waals surface area (Å²) in [7, 11) is 0. The highest BCUT2D eigenvalue weighted by Gasteiger charge is 2.33. The van der Waals surface area contributed by atoms with E-state index in [-0.39, 0.29) is 0 Å². The van der Waals surface area contributed by atoms with Crippen molar-refractivity contribution in [2.24, 2.45) is 0 Å². The van der Waals surface area contributed by atoms with Crippen LogP contribution >= 0.6 is 0 Å². The largest absolute Gasteiger partial charge is 0.335 e. The standard InChI is InChI=1S/C14H15NO/c1-10-8-12-6-7-14(16)15(12)9-11-4-2-3-5-13(10)11/h2-5,12H,1,6-9H2. The normalized spacial score (nSPS) is 24.0. The van der Waals surface area contributed by atoms with Crippen LogP contribution in [0, 0.1) is 0 Å². The van der Waals surface area contributed by atoms with Gasteiger partial charge in [0.2, 0.25) is 5.91 Å². The lowest BCUT2D eigenvalue weighted by Crippen LogP contribution is -2.31. The predicted molar refractivity (Wildman–Crippen MR) is 63.7 cm³/mol. The first-order chi connectivity index (χ1) is 7.75. The van der Waals surface area contributed by atoms with Gasteiger partial charge in [-0.15, -0.1) is 0 Å². The van der Waals surface area contributed by atoms with E-state index in [0.717, 1.165) is 19.4 Å². The van der Waals surface area contributed by atoms with Crippen LogP contribution < -0.4 is 0 Å². The number of hydrogen-bond donors (Lipinski definition) is 0. The van der Waals surface area contributed by atoms with Crippen molar-refractivity contribution in [2.75, 3.05) is 0 Å². The molecule has 1 saturated heterocycles. The van der Waals surface area contributed by atoms with Gasteiger partial charge in [0.15, 0.2) is 0 Å². The molecule has 0 radical (unpaired) electrons. The molecule has 16 heavy (non-hydrogen) atoms. The zero-order valence-corrected chi connectivity index (χ0v) is 9.28. The zero-order valence-electron chi connectivity index (χ0n) is 9.28. The minimum atomic E-state index is 0.300. The van der Waals surface area contributed by atoms with Crippen molar-refractivity contribution in [3.63, 3.8) is 0 Å². The van der Waals surface area contributed by atoms with Crippen LogP contribution in [0.4, 0.5) is 0 Å². The molecule has 0 aromatic heterocycles. The van der Waals surface area contributed by atoms with Crippen molar-refractivity contribution in [2.45, 2.75) is 31.8 Å². The second kappa shape index (κ2) is 3.48. The van der Waals surface area contributed by atoms with Gasteiger partial charge in [-0.1, -0.05) is 30.8 Å². The van der Waals surface area contributed by atoms with Crippen LogP contribution in [0.1, 0.15) is 30.4 Å². The van der Waals surface area contributed by atoms with Gasteiger partial charge in [-0.05, 0) is 29.5 Å². The summed E-state index contributed by atoms with van der Waals surface area (Å²) < 4.78 is 0. The summed E-state index contributed by atoms with van der Waals surface area (Å²) in [5.41, 5.74) is 3.66. The molecule has 2 aliphatic heterocycles. The summed E-state index contributed by atoms with van der Waals surface area (Å²) in [5, 5.41) is 0. The van der Waals surface area contributed by atoms with Gasteiger partial charge in [0.25, 0.3) is 0 Å². The lowest BCUT2D eigenvalue weighted by atomic mass is 9.97. The van der Waals surface area contributed by atoms with Gasteiger partial charge in [-0.25, -0.2) is 0 Å². The third-order valence-electron chi connectivity index (χ3n) is 3.67. The minimum Gasteiger partial charge on any atom is -0.335 e. The van der Waals surface area contributed by atoms with Gasteiger partial charge in [0, 0.05) is 19.0 Å². The quantitative estimate of drug-likeness (QED) is 0.648. The van der Waals surface area contributed by atoms with E-state index in [2.05, 4.69) is 18.7 Å². The molecule has 0 bridgehead atoms. The lowest BCUT2D eigenvalue weighted by molar-refractivity contribution is -0.129. The third-order valence-corrected chi connectivity index (χ3v) is 3.67. The van der Waals surface area contributed by atoms with Crippen LogP contribution in [-0.2, 0) is 11.3 Å². The Bertz CT molecular complexity index is 464. The average molecular weight is 213 g/mol. The molecule has 2 nitrogen and oxygen atoms in total. The number of nitrogens with zero attached hydrogens (tertiary/aromatic N) is 1. The number of fused-ring (bicyclic) bond motifs is 2. The van der Waals surface area contributed by atoms with Crippen LogP contribution in [-0.4, -0.2) is 16.8 Å². The first-order valence-electron chi connectivity index (χ1n) is 5.81. The fourth-order valence-corrected chi connectivity index (χ4v) is 2.80. The molecule has 2 aliphatic rings. The van der Waals surface area contributed by atoms with Gasteiger partial charge in [-0.2, -0.15) is 0 Å². The fourth-order valence-electron chi connectivity index (χ4n) is 2.80. The molecule has 1 aromatic carbocycles. The smallest absolute Gasteiger partial charge is 0.223 e. The molecule has 1 aromatic rings. The first-order valence-corrected chi connectivity index (χ1v) is 5.81. The van der Waals surface area contributed by atoms with E-state index in [9.17, 15) is 4.79 Å². The molecular formula is C14H15NO. The van der Waals surface area contributed by atoms with Crippen molar-refractivity contribution in [3.05, 3.63) is 42.0 Å². The molecule has 0 saturated carbocycles. The van der Waals surface area contributed by atoms with E-state index in [0.29, 0.717) is 18.4 Å². The Labute approximate surface area is 95.6 Å². The molecule has 0 aliphatic carbocycles. The summed E-state index contributed by atoms with van der Waals surface area (Å²) in [6.45, 7) is 4.93. The Kier molecular flexibility index (Phi) is 2.10. The summed E-state index contributed by atoms with van der Waals surface area (Å²) in [6.07, 6.45) is 2.63. The highest BCUT2D eigenvalue weighted by molar-refractivity contribution is 5.80. The van der Waals surface area contributed by atoms with Crippen molar-refractivity contribution in [3.8, 4) is 0 Å². The first kappa shape index (κ1) is 9.64. The lowest BCUT2D eigenvalue weighted by Gasteiger charge is -2.21. The molecule has 0 N–H and O–H groups in total. The van der Waals surface area contributed by atoms with E-state index in [1.54, 1.807) is 0 Å². The maximum atomic E-state index is 11.8. The summed E-state index contributed by atoms with van der Waals surface area (Å²) >= 11 is 0. The minimum absolute atomic E-state index is 0.300. The van der Waals surface area contributed by atoms with E-state index < -0.39 is 0 Å². The van der Waals surface area contributed by atoms with E-state index in [4.69, 9.17) is 0 Å². The van der Waals surface area contributed by atoms with Crippen molar-refractivity contribution >= 4 is 11.5 Å². The second-order valence-corrected chi connectivity index (χ2v) is 4.68. The molecule has 1 atom stereocenters. The van der Waals surface area contributed by atoms with Crippen LogP contribution in [0.25, 0.3) is 5.57 Å². The number of carbonyl (C=O) groups is 1. The van der Waals surface area contributed by atoms with Gasteiger partial charge in [-0.3, -0.25) is 4.79 Å². The number of carbonyl (C=O) groups excluding carboxylic acids is 1. The Morgan fingerprint density at radius 1 is 1.31 bits per heavy atom. The maximum Gasteiger partial charge on any atom is 0.223 e. The van der Waals surface area contributed by atoms with Crippen LogP contribution in [0.2, 0.25) is 0 Å². The Hall–Kier alpha value is -1.57. The van der Waals surface area contributed by atoms with Crippen LogP contribution in [0.3, 0.4) is 0 Å². The van der Waals surface area contributed by atoms with Crippen molar-refractivity contribution in [1.29, 1.82) is 0 Å². The van der Waals surface area contributed by atoms with Gasteiger partial charge < -0.3 is 4.90 Å². The highest BCUT2D eigenvalue weighted by atomic mass is 16.2. The van der Waals surface area contributed by atoms with Crippen LogP contribution in [0.5, 0.6) is 0 Å². The molecular weight excluding hydrogens is 198 g/mol. The second-order valence-electron chi connectivity index (χ2n) is 4.68. The monoisotopic (exact) mass is 213 g/mol. The zero-order chi connectivity index (χ0) is 11.1. The number of amides is 1. The molecule has 3 rings (SSSR count). The van der Waals surface area contributed by atoms with E-state index in [1.807, 2.05) is 17.0 Å².